The van der Waals surface area contributed by atoms with Gasteiger partial charge in [0.05, 0.1) is 6.61 Å². The molecule has 0 radical (unpaired) electrons. The first-order valence-corrected chi connectivity index (χ1v) is 6.57. The molecule has 2 nitrogen and oxygen atoms in total. The van der Waals surface area contributed by atoms with E-state index in [4.69, 9.17) is 0 Å². The van der Waals surface area contributed by atoms with Crippen LogP contribution in [0.4, 0.5) is 0 Å². The van der Waals surface area contributed by atoms with Crippen molar-refractivity contribution in [2.24, 2.45) is 0 Å². The highest BCUT2D eigenvalue weighted by Crippen LogP contribution is 2.28. The van der Waals surface area contributed by atoms with Gasteiger partial charge in [0.1, 0.15) is 5.60 Å². The molecule has 3 heteroatoms. The highest BCUT2D eigenvalue weighted by molar-refractivity contribution is 9.10. The molecule has 18 heavy (non-hydrogen) atoms. The molecule has 1 unspecified atom stereocenters. The maximum atomic E-state index is 10.6. The molecule has 0 aromatic heterocycles. The van der Waals surface area contributed by atoms with E-state index in [1.54, 1.807) is 0 Å². The number of benzene rings is 2. The summed E-state index contributed by atoms with van der Waals surface area (Å²) in [5, 5.41) is 20.1. The Morgan fingerprint density at radius 2 is 1.56 bits per heavy atom. The summed E-state index contributed by atoms with van der Waals surface area (Å²) in [6.45, 7) is -0.307. The van der Waals surface area contributed by atoms with Crippen molar-refractivity contribution >= 4 is 15.9 Å². The first kappa shape index (κ1) is 13.3. The van der Waals surface area contributed by atoms with Crippen LogP contribution in [0.5, 0.6) is 0 Å². The average Bonchev–Trinajstić information content (AvgIpc) is 2.42. The van der Waals surface area contributed by atoms with Crippen LogP contribution in [-0.4, -0.2) is 16.8 Å². The Balaban J connectivity index is 2.32. The number of halogens is 1. The zero-order valence-electron chi connectivity index (χ0n) is 9.88. The lowest BCUT2D eigenvalue weighted by Crippen LogP contribution is -2.32. The molecule has 0 spiro atoms. The van der Waals surface area contributed by atoms with Crippen molar-refractivity contribution < 1.29 is 10.2 Å². The fourth-order valence-electron chi connectivity index (χ4n) is 1.95. The van der Waals surface area contributed by atoms with Gasteiger partial charge in [0.25, 0.3) is 0 Å². The number of hydrogen-bond donors (Lipinski definition) is 2. The molecule has 0 aliphatic rings. The summed E-state index contributed by atoms with van der Waals surface area (Å²) in [5.74, 6) is 0. The van der Waals surface area contributed by atoms with E-state index in [0.717, 1.165) is 15.6 Å². The van der Waals surface area contributed by atoms with Crippen LogP contribution in [0.2, 0.25) is 0 Å². The summed E-state index contributed by atoms with van der Waals surface area (Å²) in [6, 6.07) is 17.0. The van der Waals surface area contributed by atoms with Crippen LogP contribution < -0.4 is 0 Å². The Kier molecular flexibility index (Phi) is 4.17. The van der Waals surface area contributed by atoms with E-state index in [-0.39, 0.29) is 6.61 Å². The van der Waals surface area contributed by atoms with Gasteiger partial charge in [-0.3, -0.25) is 0 Å². The first-order valence-electron chi connectivity index (χ1n) is 5.78. The number of hydrogen-bond acceptors (Lipinski definition) is 2. The van der Waals surface area contributed by atoms with Gasteiger partial charge < -0.3 is 10.2 Å². The van der Waals surface area contributed by atoms with Crippen LogP contribution in [0.3, 0.4) is 0 Å². The van der Waals surface area contributed by atoms with Gasteiger partial charge in [-0.25, -0.2) is 0 Å². The van der Waals surface area contributed by atoms with Crippen LogP contribution in [0, 0.1) is 0 Å². The molecule has 0 heterocycles. The molecule has 0 amide bonds. The zero-order valence-corrected chi connectivity index (χ0v) is 11.5. The maximum absolute atomic E-state index is 10.6. The summed E-state index contributed by atoms with van der Waals surface area (Å²) >= 11 is 3.46. The predicted molar refractivity (Wildman–Crippen MR) is 75.3 cm³/mol. The van der Waals surface area contributed by atoms with Crippen molar-refractivity contribution in [2.75, 3.05) is 6.61 Å². The molecule has 0 saturated carbocycles. The Hall–Kier alpha value is -1.16. The van der Waals surface area contributed by atoms with Gasteiger partial charge >= 0.3 is 0 Å². The van der Waals surface area contributed by atoms with Gasteiger partial charge in [-0.1, -0.05) is 64.5 Å². The van der Waals surface area contributed by atoms with Crippen molar-refractivity contribution in [3.05, 3.63) is 70.2 Å². The molecule has 0 aliphatic carbocycles. The summed E-state index contributed by atoms with van der Waals surface area (Å²) in [5.41, 5.74) is 0.451. The van der Waals surface area contributed by atoms with Crippen molar-refractivity contribution in [1.29, 1.82) is 0 Å². The van der Waals surface area contributed by atoms with Crippen LogP contribution in [0.25, 0.3) is 0 Å². The summed E-state index contributed by atoms with van der Waals surface area (Å²) < 4.78 is 0.938. The molecule has 2 rings (SSSR count). The molecule has 0 bridgehead atoms. The van der Waals surface area contributed by atoms with Gasteiger partial charge in [0, 0.05) is 10.9 Å². The minimum Gasteiger partial charge on any atom is -0.393 e. The van der Waals surface area contributed by atoms with Crippen LogP contribution in [-0.2, 0) is 12.0 Å². The van der Waals surface area contributed by atoms with E-state index in [2.05, 4.69) is 15.9 Å². The largest absolute Gasteiger partial charge is 0.393 e. The van der Waals surface area contributed by atoms with Gasteiger partial charge in [0.15, 0.2) is 0 Å². The van der Waals surface area contributed by atoms with Crippen LogP contribution in [0.15, 0.2) is 59.1 Å². The SMILES string of the molecule is OCC(O)(Cc1ccccc1Br)c1ccccc1. The maximum Gasteiger partial charge on any atom is 0.117 e. The molecule has 2 aromatic carbocycles. The van der Waals surface area contributed by atoms with Crippen molar-refractivity contribution in [2.45, 2.75) is 12.0 Å². The quantitative estimate of drug-likeness (QED) is 0.912. The Bertz CT molecular complexity index is 513. The number of rotatable bonds is 4. The van der Waals surface area contributed by atoms with E-state index < -0.39 is 5.60 Å². The number of aliphatic hydroxyl groups is 2. The molecular formula is C15H15BrO2. The number of aliphatic hydroxyl groups excluding tert-OH is 1. The van der Waals surface area contributed by atoms with Crippen LogP contribution in [0.1, 0.15) is 11.1 Å². The molecular weight excluding hydrogens is 292 g/mol. The van der Waals surface area contributed by atoms with Gasteiger partial charge in [-0.15, -0.1) is 0 Å². The lowest BCUT2D eigenvalue weighted by atomic mass is 9.88. The Morgan fingerprint density at radius 1 is 0.944 bits per heavy atom. The normalized spacial score (nSPS) is 14.2. The standard InChI is InChI=1S/C15H15BrO2/c16-14-9-5-4-6-12(14)10-15(18,11-17)13-7-2-1-3-8-13/h1-9,17-18H,10-11H2. The van der Waals surface area contributed by atoms with E-state index in [0.29, 0.717) is 6.42 Å². The van der Waals surface area contributed by atoms with E-state index in [1.165, 1.54) is 0 Å². The molecule has 0 aliphatic heterocycles. The minimum absolute atomic E-state index is 0.307. The van der Waals surface area contributed by atoms with Crippen molar-refractivity contribution in [1.82, 2.24) is 0 Å². The highest BCUT2D eigenvalue weighted by atomic mass is 79.9. The van der Waals surface area contributed by atoms with Gasteiger partial charge in [-0.05, 0) is 17.2 Å². The third kappa shape index (κ3) is 2.80. The first-order chi connectivity index (χ1) is 8.65. The van der Waals surface area contributed by atoms with Crippen LogP contribution >= 0.6 is 15.9 Å². The second kappa shape index (κ2) is 5.65. The molecule has 0 fully saturated rings. The van der Waals surface area contributed by atoms with Gasteiger partial charge in [0.2, 0.25) is 0 Å². The fraction of sp³-hybridized carbons (Fsp3) is 0.200. The third-order valence-corrected chi connectivity index (χ3v) is 3.79. The zero-order chi connectivity index (χ0) is 13.0. The minimum atomic E-state index is -1.24. The van der Waals surface area contributed by atoms with Crippen molar-refractivity contribution in [3.8, 4) is 0 Å². The Labute approximate surface area is 115 Å². The molecule has 1 atom stereocenters. The van der Waals surface area contributed by atoms with E-state index in [9.17, 15) is 10.2 Å². The summed E-state index contributed by atoms with van der Waals surface area (Å²) in [7, 11) is 0. The predicted octanol–water partition coefficient (Wildman–Crippen LogP) is 2.87. The third-order valence-electron chi connectivity index (χ3n) is 3.01. The molecule has 94 valence electrons. The lowest BCUT2D eigenvalue weighted by Gasteiger charge is -2.27. The lowest BCUT2D eigenvalue weighted by molar-refractivity contribution is -0.0189. The Morgan fingerprint density at radius 3 is 2.17 bits per heavy atom. The highest BCUT2D eigenvalue weighted by Gasteiger charge is 2.29. The topological polar surface area (TPSA) is 40.5 Å². The fourth-order valence-corrected chi connectivity index (χ4v) is 2.38. The second-order valence-corrected chi connectivity index (χ2v) is 5.18. The second-order valence-electron chi connectivity index (χ2n) is 4.32. The van der Waals surface area contributed by atoms with E-state index in [1.807, 2.05) is 54.6 Å². The van der Waals surface area contributed by atoms with Gasteiger partial charge in [-0.2, -0.15) is 0 Å². The monoisotopic (exact) mass is 306 g/mol. The smallest absolute Gasteiger partial charge is 0.117 e. The molecule has 0 saturated heterocycles. The van der Waals surface area contributed by atoms with E-state index >= 15 is 0 Å². The summed E-state index contributed by atoms with van der Waals surface area (Å²) in [4.78, 5) is 0. The molecule has 2 aromatic rings. The molecule has 2 N–H and O–H groups in total. The van der Waals surface area contributed by atoms with Crippen molar-refractivity contribution in [3.63, 3.8) is 0 Å². The average molecular weight is 307 g/mol. The summed E-state index contributed by atoms with van der Waals surface area (Å²) in [6.07, 6.45) is 0.370.